The number of amides is 3. The fourth-order valence-corrected chi connectivity index (χ4v) is 6.41. The predicted octanol–water partition coefficient (Wildman–Crippen LogP) is 7.36. The number of anilines is 1. The molecule has 2 fully saturated rings. The summed E-state index contributed by atoms with van der Waals surface area (Å²) in [5.41, 5.74) is 2.05. The number of nitrogens with zero attached hydrogens (tertiary/aromatic N) is 3. The van der Waals surface area contributed by atoms with Gasteiger partial charge in [-0.15, -0.1) is 0 Å². The Labute approximate surface area is 276 Å². The highest BCUT2D eigenvalue weighted by molar-refractivity contribution is 5.94. The zero-order valence-electron chi connectivity index (χ0n) is 29.6. The Morgan fingerprint density at radius 1 is 0.804 bits per heavy atom. The highest BCUT2D eigenvalue weighted by Crippen LogP contribution is 2.36. The van der Waals surface area contributed by atoms with Crippen molar-refractivity contribution in [2.75, 3.05) is 38.0 Å². The van der Waals surface area contributed by atoms with Crippen LogP contribution in [0.15, 0.2) is 54.6 Å². The van der Waals surface area contributed by atoms with Crippen LogP contribution in [0.25, 0.3) is 0 Å². The van der Waals surface area contributed by atoms with Gasteiger partial charge in [-0.1, -0.05) is 84.0 Å². The molecule has 1 N–H and O–H groups in total. The first-order valence-electron chi connectivity index (χ1n) is 16.9. The standard InChI is InChI=1S/C38H56N4O4/c1-36(2,3)31-26-41(23-24-42(31)32(43)25-27-19-21-40(22-20-27)35(45)46-38(7,8)9)33(28-13-11-10-12-14-28)29-15-17-30(18-16-29)39-34(44)37(4,5)6/h10-18,27,31,33H,19-26H2,1-9H3,(H,39,44)/t31-,33?/m1/s1. The van der Waals surface area contributed by atoms with Crippen molar-refractivity contribution in [3.05, 3.63) is 65.7 Å². The van der Waals surface area contributed by atoms with E-state index in [1.54, 1.807) is 4.90 Å². The minimum Gasteiger partial charge on any atom is -0.444 e. The minimum atomic E-state index is -0.513. The Morgan fingerprint density at radius 3 is 1.93 bits per heavy atom. The number of hydrogen-bond donors (Lipinski definition) is 1. The Hall–Kier alpha value is -3.39. The number of nitrogens with one attached hydrogen (secondary N) is 1. The summed E-state index contributed by atoms with van der Waals surface area (Å²) in [6.07, 6.45) is 1.87. The van der Waals surface area contributed by atoms with E-state index in [-0.39, 0.29) is 41.3 Å². The largest absolute Gasteiger partial charge is 0.444 e. The average molecular weight is 633 g/mol. The molecule has 0 radical (unpaired) electrons. The molecule has 2 atom stereocenters. The fraction of sp³-hybridized carbons (Fsp3) is 0.605. The van der Waals surface area contributed by atoms with Gasteiger partial charge in [0.05, 0.1) is 6.04 Å². The molecule has 0 saturated carbocycles. The van der Waals surface area contributed by atoms with Gasteiger partial charge in [-0.05, 0) is 68.2 Å². The minimum absolute atomic E-state index is 0.0118. The lowest BCUT2D eigenvalue weighted by atomic mass is 9.82. The van der Waals surface area contributed by atoms with Gasteiger partial charge in [0.1, 0.15) is 5.60 Å². The Balaban J connectivity index is 1.47. The van der Waals surface area contributed by atoms with Crippen molar-refractivity contribution in [3.8, 4) is 0 Å². The molecule has 0 bridgehead atoms. The van der Waals surface area contributed by atoms with Crippen LogP contribution in [0.3, 0.4) is 0 Å². The molecule has 8 nitrogen and oxygen atoms in total. The second-order valence-corrected chi connectivity index (χ2v) is 16.2. The topological polar surface area (TPSA) is 82.2 Å². The van der Waals surface area contributed by atoms with Crippen LogP contribution in [0, 0.1) is 16.7 Å². The Kier molecular flexibility index (Phi) is 10.9. The monoisotopic (exact) mass is 632 g/mol. The number of benzene rings is 2. The van der Waals surface area contributed by atoms with Crippen molar-refractivity contribution in [1.29, 1.82) is 0 Å². The Bertz CT molecular complexity index is 1330. The first-order valence-corrected chi connectivity index (χ1v) is 16.9. The van der Waals surface area contributed by atoms with Crippen LogP contribution in [0.2, 0.25) is 0 Å². The molecule has 0 spiro atoms. The number of piperazine rings is 1. The van der Waals surface area contributed by atoms with Crippen LogP contribution in [0.5, 0.6) is 0 Å². The van der Waals surface area contributed by atoms with Gasteiger partial charge in [-0.2, -0.15) is 0 Å². The summed E-state index contributed by atoms with van der Waals surface area (Å²) in [4.78, 5) is 45.4. The van der Waals surface area contributed by atoms with Crippen molar-refractivity contribution < 1.29 is 19.1 Å². The van der Waals surface area contributed by atoms with Crippen LogP contribution in [0.1, 0.15) is 98.7 Å². The third-order valence-corrected chi connectivity index (χ3v) is 9.11. The van der Waals surface area contributed by atoms with Crippen molar-refractivity contribution >= 4 is 23.6 Å². The number of piperidine rings is 1. The van der Waals surface area contributed by atoms with Crippen LogP contribution in [0.4, 0.5) is 10.5 Å². The van der Waals surface area contributed by atoms with Gasteiger partial charge >= 0.3 is 6.09 Å². The zero-order chi connectivity index (χ0) is 33.9. The van der Waals surface area contributed by atoms with Gasteiger partial charge in [0.25, 0.3) is 0 Å². The summed E-state index contributed by atoms with van der Waals surface area (Å²) >= 11 is 0. The van der Waals surface area contributed by atoms with Crippen molar-refractivity contribution in [1.82, 2.24) is 14.7 Å². The van der Waals surface area contributed by atoms with E-state index in [2.05, 4.69) is 72.3 Å². The first kappa shape index (κ1) is 35.5. The summed E-state index contributed by atoms with van der Waals surface area (Å²) in [5.74, 6) is 0.465. The van der Waals surface area contributed by atoms with E-state index in [4.69, 9.17) is 4.74 Å². The van der Waals surface area contributed by atoms with Gasteiger partial charge in [0.2, 0.25) is 11.8 Å². The predicted molar refractivity (Wildman–Crippen MR) is 184 cm³/mol. The molecular weight excluding hydrogens is 576 g/mol. The maximum Gasteiger partial charge on any atom is 0.410 e. The van der Waals surface area contributed by atoms with E-state index in [9.17, 15) is 14.4 Å². The molecule has 3 amide bonds. The fourth-order valence-electron chi connectivity index (χ4n) is 6.41. The Morgan fingerprint density at radius 2 is 1.39 bits per heavy atom. The molecular formula is C38H56N4O4. The maximum absolute atomic E-state index is 13.9. The number of carbonyl (C=O) groups excluding carboxylic acids is 3. The van der Waals surface area contributed by atoms with E-state index < -0.39 is 11.0 Å². The average Bonchev–Trinajstić information content (AvgIpc) is 2.97. The van der Waals surface area contributed by atoms with E-state index in [0.29, 0.717) is 26.1 Å². The van der Waals surface area contributed by atoms with Crippen LogP contribution >= 0.6 is 0 Å². The number of carbonyl (C=O) groups is 3. The maximum atomic E-state index is 13.9. The molecule has 252 valence electrons. The van der Waals surface area contributed by atoms with Crippen LogP contribution in [-0.2, 0) is 14.3 Å². The zero-order valence-corrected chi connectivity index (χ0v) is 29.6. The van der Waals surface area contributed by atoms with Crippen molar-refractivity contribution in [3.63, 3.8) is 0 Å². The molecule has 1 unspecified atom stereocenters. The first-order chi connectivity index (χ1) is 21.4. The quantitative estimate of drug-likeness (QED) is 0.360. The number of ether oxygens (including phenoxy) is 1. The van der Waals surface area contributed by atoms with E-state index in [1.807, 2.05) is 59.7 Å². The van der Waals surface area contributed by atoms with E-state index in [0.717, 1.165) is 37.2 Å². The van der Waals surface area contributed by atoms with E-state index in [1.165, 1.54) is 5.56 Å². The highest BCUT2D eigenvalue weighted by atomic mass is 16.6. The summed E-state index contributed by atoms with van der Waals surface area (Å²) < 4.78 is 5.56. The molecule has 4 rings (SSSR count). The summed E-state index contributed by atoms with van der Waals surface area (Å²) in [5, 5.41) is 3.04. The number of rotatable bonds is 6. The summed E-state index contributed by atoms with van der Waals surface area (Å²) in [7, 11) is 0. The molecule has 8 heteroatoms. The van der Waals surface area contributed by atoms with Crippen LogP contribution in [-0.4, -0.2) is 77.0 Å². The molecule has 2 aromatic carbocycles. The third-order valence-electron chi connectivity index (χ3n) is 9.11. The van der Waals surface area contributed by atoms with Gasteiger partial charge in [0, 0.05) is 56.3 Å². The normalized spacial score (nSPS) is 19.5. The second-order valence-electron chi connectivity index (χ2n) is 16.2. The van der Waals surface area contributed by atoms with Gasteiger partial charge in [-0.3, -0.25) is 14.5 Å². The lowest BCUT2D eigenvalue weighted by Crippen LogP contribution is -2.60. The molecule has 0 aromatic heterocycles. The molecule has 2 aliphatic heterocycles. The van der Waals surface area contributed by atoms with Gasteiger partial charge in [-0.25, -0.2) is 4.79 Å². The number of likely N-dealkylation sites (tertiary alicyclic amines) is 1. The smallest absolute Gasteiger partial charge is 0.410 e. The summed E-state index contributed by atoms with van der Waals surface area (Å²) in [6.45, 7) is 21.5. The van der Waals surface area contributed by atoms with Crippen molar-refractivity contribution in [2.24, 2.45) is 16.7 Å². The van der Waals surface area contributed by atoms with Crippen LogP contribution < -0.4 is 5.32 Å². The SMILES string of the molecule is CC(C)(C)OC(=O)N1CCC(CC(=O)N2CCN(C(c3ccccc3)c3ccc(NC(=O)C(C)(C)C)cc3)C[C@@H]2C(C)(C)C)CC1. The lowest BCUT2D eigenvalue weighted by Gasteiger charge is -2.50. The lowest BCUT2D eigenvalue weighted by molar-refractivity contribution is -0.141. The van der Waals surface area contributed by atoms with Gasteiger partial charge in [0.15, 0.2) is 0 Å². The third kappa shape index (κ3) is 9.34. The molecule has 0 aliphatic carbocycles. The van der Waals surface area contributed by atoms with E-state index >= 15 is 0 Å². The molecule has 46 heavy (non-hydrogen) atoms. The molecule has 2 aliphatic rings. The number of hydrogen-bond acceptors (Lipinski definition) is 5. The van der Waals surface area contributed by atoms with Crippen molar-refractivity contribution in [2.45, 2.75) is 99.3 Å². The summed E-state index contributed by atoms with van der Waals surface area (Å²) in [6, 6.07) is 18.8. The second kappa shape index (κ2) is 14.2. The molecule has 2 heterocycles. The highest BCUT2D eigenvalue weighted by Gasteiger charge is 2.41. The molecule has 2 saturated heterocycles. The molecule has 2 aromatic rings. The van der Waals surface area contributed by atoms with Gasteiger partial charge < -0.3 is 19.9 Å².